The maximum Gasteiger partial charge on any atom is 0.323 e. The van der Waals surface area contributed by atoms with Crippen LogP contribution < -0.4 is 5.32 Å². The number of carbonyl (C=O) groups excluding carboxylic acids is 1. The molecule has 0 radical (unpaired) electrons. The van der Waals surface area contributed by atoms with Gasteiger partial charge in [-0.25, -0.2) is 4.39 Å². The second-order valence-corrected chi connectivity index (χ2v) is 3.90. The smallest absolute Gasteiger partial charge is 0.323 e. The predicted molar refractivity (Wildman–Crippen MR) is 57.6 cm³/mol. The van der Waals surface area contributed by atoms with E-state index < -0.39 is 0 Å². The van der Waals surface area contributed by atoms with Crippen LogP contribution in [0.2, 0.25) is 0 Å². The normalized spacial score (nSPS) is 19.8. The summed E-state index contributed by atoms with van der Waals surface area (Å²) < 4.78 is 17.7. The Morgan fingerprint density at radius 2 is 2.31 bits per heavy atom. The van der Waals surface area contributed by atoms with E-state index in [-0.39, 0.29) is 17.8 Å². The number of ether oxygens (including phenoxy) is 1. The molecule has 1 aliphatic heterocycles. The largest absolute Gasteiger partial charge is 0.468 e. The first kappa shape index (κ1) is 11.1. The zero-order valence-electron chi connectivity index (χ0n) is 9.13. The molecule has 3 nitrogen and oxygen atoms in total. The van der Waals surface area contributed by atoms with E-state index in [9.17, 15) is 9.18 Å². The number of esters is 1. The Morgan fingerprint density at radius 3 is 3.06 bits per heavy atom. The van der Waals surface area contributed by atoms with Gasteiger partial charge in [0.25, 0.3) is 0 Å². The molecule has 0 spiro atoms. The van der Waals surface area contributed by atoms with Crippen LogP contribution in [0.3, 0.4) is 0 Å². The quantitative estimate of drug-likeness (QED) is 0.723. The number of halogens is 1. The van der Waals surface area contributed by atoms with Crippen molar-refractivity contribution in [3.05, 3.63) is 35.1 Å². The number of carbonyl (C=O) groups is 1. The third kappa shape index (κ3) is 2.22. The highest BCUT2D eigenvalue weighted by Gasteiger charge is 2.23. The highest BCUT2D eigenvalue weighted by atomic mass is 19.1. The fourth-order valence-electron chi connectivity index (χ4n) is 2.01. The van der Waals surface area contributed by atoms with Gasteiger partial charge in [-0.15, -0.1) is 0 Å². The zero-order valence-corrected chi connectivity index (χ0v) is 9.13. The number of methoxy groups -OCH3 is 1. The third-order valence-corrected chi connectivity index (χ3v) is 2.86. The Kier molecular flexibility index (Phi) is 3.19. The van der Waals surface area contributed by atoms with Gasteiger partial charge in [0, 0.05) is 0 Å². The highest BCUT2D eigenvalue weighted by Crippen LogP contribution is 2.17. The van der Waals surface area contributed by atoms with E-state index in [1.165, 1.54) is 19.2 Å². The SMILES string of the molecule is COC(=O)C1Cc2ccc(F)cc2CCN1. The molecule has 1 aromatic rings. The van der Waals surface area contributed by atoms with Gasteiger partial charge >= 0.3 is 5.97 Å². The van der Waals surface area contributed by atoms with Gasteiger partial charge in [0.15, 0.2) is 0 Å². The van der Waals surface area contributed by atoms with E-state index in [0.29, 0.717) is 13.0 Å². The molecule has 86 valence electrons. The summed E-state index contributed by atoms with van der Waals surface area (Å²) in [4.78, 5) is 11.4. The molecule has 0 bridgehead atoms. The first-order chi connectivity index (χ1) is 7.70. The molecule has 1 N–H and O–H groups in total. The number of hydrogen-bond acceptors (Lipinski definition) is 3. The first-order valence-corrected chi connectivity index (χ1v) is 5.29. The molecule has 1 atom stereocenters. The second kappa shape index (κ2) is 4.61. The fraction of sp³-hybridized carbons (Fsp3) is 0.417. The standard InChI is InChI=1S/C12H14FNO2/c1-16-12(15)11-7-8-2-3-10(13)6-9(8)4-5-14-11/h2-3,6,11,14H,4-5,7H2,1H3. The van der Waals surface area contributed by atoms with E-state index in [4.69, 9.17) is 4.74 Å². The van der Waals surface area contributed by atoms with Crippen molar-refractivity contribution >= 4 is 5.97 Å². The molecule has 0 aliphatic carbocycles. The lowest BCUT2D eigenvalue weighted by Gasteiger charge is -2.13. The third-order valence-electron chi connectivity index (χ3n) is 2.86. The van der Waals surface area contributed by atoms with Crippen molar-refractivity contribution in [2.24, 2.45) is 0 Å². The lowest BCUT2D eigenvalue weighted by molar-refractivity contribution is -0.143. The van der Waals surface area contributed by atoms with E-state index in [1.807, 2.05) is 0 Å². The van der Waals surface area contributed by atoms with Gasteiger partial charge < -0.3 is 10.1 Å². The molecule has 0 saturated carbocycles. The molecular weight excluding hydrogens is 209 g/mol. The molecule has 1 unspecified atom stereocenters. The number of benzene rings is 1. The van der Waals surface area contributed by atoms with Crippen LogP contribution >= 0.6 is 0 Å². The van der Waals surface area contributed by atoms with Crippen molar-refractivity contribution in [2.75, 3.05) is 13.7 Å². The topological polar surface area (TPSA) is 38.3 Å². The average Bonchev–Trinajstić information content (AvgIpc) is 2.49. The molecule has 0 fully saturated rings. The van der Waals surface area contributed by atoms with Gasteiger partial charge in [-0.05, 0) is 42.6 Å². The lowest BCUT2D eigenvalue weighted by Crippen LogP contribution is -2.38. The molecular formula is C12H14FNO2. The zero-order chi connectivity index (χ0) is 11.5. The van der Waals surface area contributed by atoms with Crippen molar-refractivity contribution in [3.8, 4) is 0 Å². The van der Waals surface area contributed by atoms with Gasteiger partial charge in [0.2, 0.25) is 0 Å². The summed E-state index contributed by atoms with van der Waals surface area (Å²) in [6.07, 6.45) is 1.29. The Balaban J connectivity index is 2.24. The van der Waals surface area contributed by atoms with Gasteiger partial charge in [-0.1, -0.05) is 6.07 Å². The van der Waals surface area contributed by atoms with Crippen LogP contribution in [0.1, 0.15) is 11.1 Å². The van der Waals surface area contributed by atoms with Crippen molar-refractivity contribution in [1.82, 2.24) is 5.32 Å². The Labute approximate surface area is 93.6 Å². The maximum atomic E-state index is 13.0. The van der Waals surface area contributed by atoms with Crippen LogP contribution in [0, 0.1) is 5.82 Å². The Morgan fingerprint density at radius 1 is 1.50 bits per heavy atom. The maximum absolute atomic E-state index is 13.0. The molecule has 1 aromatic carbocycles. The second-order valence-electron chi connectivity index (χ2n) is 3.90. The highest BCUT2D eigenvalue weighted by molar-refractivity contribution is 5.76. The van der Waals surface area contributed by atoms with Crippen LogP contribution in [0.4, 0.5) is 4.39 Å². The van der Waals surface area contributed by atoms with E-state index in [0.717, 1.165) is 17.5 Å². The molecule has 0 amide bonds. The summed E-state index contributed by atoms with van der Waals surface area (Å²) >= 11 is 0. The summed E-state index contributed by atoms with van der Waals surface area (Å²) in [6.45, 7) is 0.663. The van der Waals surface area contributed by atoms with Crippen molar-refractivity contribution in [3.63, 3.8) is 0 Å². The molecule has 1 aliphatic rings. The van der Waals surface area contributed by atoms with E-state index in [1.54, 1.807) is 6.07 Å². The summed E-state index contributed by atoms with van der Waals surface area (Å²) in [5.41, 5.74) is 1.99. The van der Waals surface area contributed by atoms with Crippen LogP contribution in [0.25, 0.3) is 0 Å². The predicted octanol–water partition coefficient (Wildman–Crippen LogP) is 1.06. The van der Waals surface area contributed by atoms with Crippen LogP contribution in [0.15, 0.2) is 18.2 Å². The number of nitrogens with one attached hydrogen (secondary N) is 1. The number of fused-ring (bicyclic) bond motifs is 1. The molecule has 2 rings (SSSR count). The fourth-order valence-corrected chi connectivity index (χ4v) is 2.01. The van der Waals surface area contributed by atoms with Crippen LogP contribution in [0.5, 0.6) is 0 Å². The van der Waals surface area contributed by atoms with Gasteiger partial charge in [-0.3, -0.25) is 4.79 Å². The van der Waals surface area contributed by atoms with Crippen molar-refractivity contribution in [2.45, 2.75) is 18.9 Å². The van der Waals surface area contributed by atoms with Crippen molar-refractivity contribution in [1.29, 1.82) is 0 Å². The Bertz CT molecular complexity index is 406. The summed E-state index contributed by atoms with van der Waals surface area (Å²) in [7, 11) is 1.38. The van der Waals surface area contributed by atoms with E-state index >= 15 is 0 Å². The van der Waals surface area contributed by atoms with Crippen LogP contribution in [-0.2, 0) is 22.4 Å². The number of rotatable bonds is 1. The Hall–Kier alpha value is -1.42. The molecule has 4 heteroatoms. The van der Waals surface area contributed by atoms with Gasteiger partial charge in [0.05, 0.1) is 7.11 Å². The summed E-state index contributed by atoms with van der Waals surface area (Å²) in [5.74, 6) is -0.493. The molecule has 16 heavy (non-hydrogen) atoms. The number of hydrogen-bond donors (Lipinski definition) is 1. The first-order valence-electron chi connectivity index (χ1n) is 5.29. The van der Waals surface area contributed by atoms with E-state index in [2.05, 4.69) is 5.32 Å². The minimum atomic E-state index is -0.322. The van der Waals surface area contributed by atoms with Gasteiger partial charge in [0.1, 0.15) is 11.9 Å². The van der Waals surface area contributed by atoms with Crippen molar-refractivity contribution < 1.29 is 13.9 Å². The van der Waals surface area contributed by atoms with Gasteiger partial charge in [-0.2, -0.15) is 0 Å². The monoisotopic (exact) mass is 223 g/mol. The van der Waals surface area contributed by atoms with Crippen LogP contribution in [-0.4, -0.2) is 25.7 Å². The summed E-state index contributed by atoms with van der Waals surface area (Å²) in [5, 5.41) is 3.10. The molecule has 0 aromatic heterocycles. The molecule has 0 saturated heterocycles. The summed E-state index contributed by atoms with van der Waals surface area (Å²) in [6, 6.07) is 4.39. The lowest BCUT2D eigenvalue weighted by atomic mass is 10.0. The minimum Gasteiger partial charge on any atom is -0.468 e. The average molecular weight is 223 g/mol. The minimum absolute atomic E-state index is 0.227. The molecule has 1 heterocycles.